The summed E-state index contributed by atoms with van der Waals surface area (Å²) in [5.41, 5.74) is 1.56. The predicted molar refractivity (Wildman–Crippen MR) is 121 cm³/mol. The molecule has 2 N–H and O–H groups in total. The number of carbonyl (C=O) groups excluding carboxylic acids is 2. The van der Waals surface area contributed by atoms with E-state index in [9.17, 15) is 9.59 Å². The summed E-state index contributed by atoms with van der Waals surface area (Å²) in [6, 6.07) is 21.9. The van der Waals surface area contributed by atoms with Crippen molar-refractivity contribution in [1.82, 2.24) is 25.4 Å². The molecular formula is C23H21N5O3S. The van der Waals surface area contributed by atoms with E-state index in [1.165, 1.54) is 11.8 Å². The van der Waals surface area contributed by atoms with E-state index in [2.05, 4.69) is 20.8 Å². The van der Waals surface area contributed by atoms with Gasteiger partial charge in [-0.15, -0.1) is 10.2 Å². The van der Waals surface area contributed by atoms with E-state index in [4.69, 9.17) is 4.42 Å². The van der Waals surface area contributed by atoms with Crippen molar-refractivity contribution >= 4 is 23.7 Å². The maximum Gasteiger partial charge on any atom is 0.321 e. The van der Waals surface area contributed by atoms with Crippen LogP contribution in [0.1, 0.15) is 17.7 Å². The van der Waals surface area contributed by atoms with Crippen LogP contribution in [-0.2, 0) is 4.79 Å². The molecule has 2 heterocycles. The first-order chi connectivity index (χ1) is 15.7. The monoisotopic (exact) mass is 447 g/mol. The number of thioether (sulfide) groups is 1. The zero-order valence-electron chi connectivity index (χ0n) is 17.3. The van der Waals surface area contributed by atoms with Crippen LogP contribution < -0.4 is 10.6 Å². The second kappa shape index (κ2) is 9.97. The fraction of sp³-hybridized carbons (Fsp3) is 0.130. The van der Waals surface area contributed by atoms with Crippen molar-refractivity contribution in [1.29, 1.82) is 0 Å². The van der Waals surface area contributed by atoms with Gasteiger partial charge < -0.3 is 9.73 Å². The number of urea groups is 1. The third-order valence-electron chi connectivity index (χ3n) is 4.53. The average Bonchev–Trinajstić information content (AvgIpc) is 3.48. The Morgan fingerprint density at radius 2 is 1.72 bits per heavy atom. The molecule has 0 radical (unpaired) electrons. The Labute approximate surface area is 189 Å². The number of furan rings is 1. The fourth-order valence-corrected chi connectivity index (χ4v) is 4.17. The highest BCUT2D eigenvalue weighted by molar-refractivity contribution is 8.00. The number of hydrogen-bond acceptors (Lipinski definition) is 6. The van der Waals surface area contributed by atoms with Crippen LogP contribution in [0.3, 0.4) is 0 Å². The molecule has 2 aromatic carbocycles. The summed E-state index contributed by atoms with van der Waals surface area (Å²) in [5, 5.41) is 13.4. The van der Waals surface area contributed by atoms with Crippen molar-refractivity contribution in [2.24, 2.45) is 0 Å². The summed E-state index contributed by atoms with van der Waals surface area (Å²) >= 11 is 1.21. The molecule has 0 fully saturated rings. The predicted octanol–water partition coefficient (Wildman–Crippen LogP) is 4.21. The normalized spacial score (nSPS) is 11.7. The van der Waals surface area contributed by atoms with E-state index >= 15 is 0 Å². The van der Waals surface area contributed by atoms with E-state index in [1.54, 1.807) is 25.3 Å². The van der Waals surface area contributed by atoms with Gasteiger partial charge in [-0.3, -0.25) is 14.7 Å². The van der Waals surface area contributed by atoms with Crippen molar-refractivity contribution in [2.45, 2.75) is 17.3 Å². The van der Waals surface area contributed by atoms with Gasteiger partial charge in [-0.05, 0) is 36.8 Å². The van der Waals surface area contributed by atoms with Crippen LogP contribution in [0.25, 0.3) is 17.3 Å². The molecule has 4 aromatic rings. The zero-order chi connectivity index (χ0) is 22.3. The third kappa shape index (κ3) is 4.73. The third-order valence-corrected chi connectivity index (χ3v) is 5.72. The van der Waals surface area contributed by atoms with E-state index in [0.29, 0.717) is 23.3 Å². The van der Waals surface area contributed by atoms with Gasteiger partial charge in [-0.25, -0.2) is 4.79 Å². The van der Waals surface area contributed by atoms with Crippen molar-refractivity contribution in [3.05, 3.63) is 84.6 Å². The standard InChI is InChI=1S/C23H21N5O3S/c1-2-24-22(30)25-21(29)19(16-10-5-3-6-11-16)32-23-27-26-20(18-14-9-15-31-18)28(23)17-12-7-4-8-13-17/h3-15,19H,2H2,1H3,(H2,24,25,29,30). The summed E-state index contributed by atoms with van der Waals surface area (Å²) in [6.45, 7) is 2.20. The first-order valence-electron chi connectivity index (χ1n) is 10.0. The summed E-state index contributed by atoms with van der Waals surface area (Å²) in [6.07, 6.45) is 1.57. The Morgan fingerprint density at radius 3 is 2.38 bits per heavy atom. The maximum atomic E-state index is 13.0. The van der Waals surface area contributed by atoms with Gasteiger partial charge in [-0.1, -0.05) is 60.3 Å². The molecule has 0 aliphatic rings. The SMILES string of the molecule is CCNC(=O)NC(=O)C(Sc1nnc(-c2ccco2)n1-c1ccccc1)c1ccccc1. The Bertz CT molecular complexity index is 1180. The molecular weight excluding hydrogens is 426 g/mol. The van der Waals surface area contributed by atoms with Gasteiger partial charge in [0.2, 0.25) is 11.7 Å². The lowest BCUT2D eigenvalue weighted by Gasteiger charge is -2.17. The summed E-state index contributed by atoms with van der Waals surface area (Å²) < 4.78 is 7.38. The van der Waals surface area contributed by atoms with Crippen LogP contribution in [0.15, 0.2) is 88.6 Å². The van der Waals surface area contributed by atoms with Crippen LogP contribution in [0, 0.1) is 0 Å². The summed E-state index contributed by atoms with van der Waals surface area (Å²) in [5.74, 6) is 0.616. The number of para-hydroxylation sites is 1. The Balaban J connectivity index is 1.74. The first-order valence-corrected chi connectivity index (χ1v) is 10.9. The van der Waals surface area contributed by atoms with Gasteiger partial charge in [0.05, 0.1) is 6.26 Å². The van der Waals surface area contributed by atoms with Gasteiger partial charge in [0.1, 0.15) is 5.25 Å². The molecule has 162 valence electrons. The highest BCUT2D eigenvalue weighted by Gasteiger charge is 2.28. The molecule has 9 heteroatoms. The summed E-state index contributed by atoms with van der Waals surface area (Å²) in [7, 11) is 0. The minimum atomic E-state index is -0.727. The number of amides is 3. The van der Waals surface area contributed by atoms with Gasteiger partial charge >= 0.3 is 6.03 Å². The number of rotatable bonds is 7. The number of nitrogens with one attached hydrogen (secondary N) is 2. The summed E-state index contributed by atoms with van der Waals surface area (Å²) in [4.78, 5) is 25.0. The molecule has 4 rings (SSSR count). The van der Waals surface area contributed by atoms with Crippen molar-refractivity contribution in [2.75, 3.05) is 6.54 Å². The number of aromatic nitrogens is 3. The Morgan fingerprint density at radius 1 is 1.00 bits per heavy atom. The molecule has 1 unspecified atom stereocenters. The van der Waals surface area contributed by atoms with E-state index in [1.807, 2.05) is 65.2 Å². The van der Waals surface area contributed by atoms with E-state index in [0.717, 1.165) is 11.3 Å². The molecule has 0 aliphatic carbocycles. The van der Waals surface area contributed by atoms with E-state index in [-0.39, 0.29) is 0 Å². The molecule has 32 heavy (non-hydrogen) atoms. The van der Waals surface area contributed by atoms with Gasteiger partial charge in [0.15, 0.2) is 10.9 Å². The minimum Gasteiger partial charge on any atom is -0.461 e. The smallest absolute Gasteiger partial charge is 0.321 e. The maximum absolute atomic E-state index is 13.0. The van der Waals surface area contributed by atoms with E-state index < -0.39 is 17.2 Å². The Hall–Kier alpha value is -3.85. The molecule has 2 aromatic heterocycles. The lowest BCUT2D eigenvalue weighted by atomic mass is 10.1. The van der Waals surface area contributed by atoms with Gasteiger partial charge in [0, 0.05) is 12.2 Å². The van der Waals surface area contributed by atoms with Crippen LogP contribution >= 0.6 is 11.8 Å². The Kier molecular flexibility index (Phi) is 6.66. The molecule has 0 aliphatic heterocycles. The van der Waals surface area contributed by atoms with Crippen molar-refractivity contribution < 1.29 is 14.0 Å². The molecule has 0 spiro atoms. The van der Waals surface area contributed by atoms with Crippen LogP contribution in [0.5, 0.6) is 0 Å². The molecule has 1 atom stereocenters. The number of imide groups is 1. The molecule has 8 nitrogen and oxygen atoms in total. The number of hydrogen-bond donors (Lipinski definition) is 2. The number of carbonyl (C=O) groups is 2. The van der Waals surface area contributed by atoms with Gasteiger partial charge in [-0.2, -0.15) is 0 Å². The van der Waals surface area contributed by atoms with Crippen LogP contribution in [0.2, 0.25) is 0 Å². The highest BCUT2D eigenvalue weighted by Crippen LogP contribution is 2.37. The first kappa shape index (κ1) is 21.4. The minimum absolute atomic E-state index is 0.414. The number of nitrogens with zero attached hydrogens (tertiary/aromatic N) is 3. The quantitative estimate of drug-likeness (QED) is 0.412. The lowest BCUT2D eigenvalue weighted by molar-refractivity contribution is -0.119. The fourth-order valence-electron chi connectivity index (χ4n) is 3.11. The van der Waals surface area contributed by atoms with Crippen LogP contribution in [-0.4, -0.2) is 33.2 Å². The van der Waals surface area contributed by atoms with Crippen LogP contribution in [0.4, 0.5) is 4.79 Å². The largest absolute Gasteiger partial charge is 0.461 e. The molecule has 0 saturated carbocycles. The zero-order valence-corrected chi connectivity index (χ0v) is 18.1. The molecule has 3 amide bonds. The molecule has 0 saturated heterocycles. The number of benzene rings is 2. The lowest BCUT2D eigenvalue weighted by Crippen LogP contribution is -2.41. The molecule has 0 bridgehead atoms. The highest BCUT2D eigenvalue weighted by atomic mass is 32.2. The van der Waals surface area contributed by atoms with Gasteiger partial charge in [0.25, 0.3) is 0 Å². The second-order valence-corrected chi connectivity index (χ2v) is 7.78. The van der Waals surface area contributed by atoms with Crippen molar-refractivity contribution in [3.63, 3.8) is 0 Å². The van der Waals surface area contributed by atoms with Crippen molar-refractivity contribution in [3.8, 4) is 17.3 Å². The average molecular weight is 448 g/mol. The second-order valence-electron chi connectivity index (χ2n) is 6.71. The topological polar surface area (TPSA) is 102 Å².